The van der Waals surface area contributed by atoms with Crippen molar-refractivity contribution in [2.75, 3.05) is 7.05 Å². The molecule has 0 fully saturated rings. The molecule has 80 valence electrons. The lowest BCUT2D eigenvalue weighted by Gasteiger charge is -2.13. The summed E-state index contributed by atoms with van der Waals surface area (Å²) in [4.78, 5) is 10.7. The van der Waals surface area contributed by atoms with Crippen molar-refractivity contribution in [1.29, 1.82) is 0 Å². The first kappa shape index (κ1) is 12.9. The van der Waals surface area contributed by atoms with E-state index in [2.05, 4.69) is 5.32 Å². The number of likely N-dealkylation sites (N-methyl/N-ethyl adjacent to an activating group) is 1. The SMILES string of the molecule is C/C=C\C=C/C(C)CC(NC)C(=O)O. The van der Waals surface area contributed by atoms with Crippen molar-refractivity contribution in [2.45, 2.75) is 26.3 Å². The summed E-state index contributed by atoms with van der Waals surface area (Å²) in [6, 6.07) is -0.458. The van der Waals surface area contributed by atoms with Crippen LogP contribution >= 0.6 is 0 Å². The van der Waals surface area contributed by atoms with Crippen molar-refractivity contribution in [3.05, 3.63) is 24.3 Å². The molecule has 0 aromatic carbocycles. The fourth-order valence-corrected chi connectivity index (χ4v) is 1.16. The Labute approximate surface area is 85.5 Å². The molecule has 0 aliphatic rings. The highest BCUT2D eigenvalue weighted by atomic mass is 16.4. The molecule has 0 radical (unpaired) electrons. The molecule has 0 heterocycles. The number of hydrogen-bond donors (Lipinski definition) is 2. The van der Waals surface area contributed by atoms with E-state index in [1.165, 1.54) is 0 Å². The predicted octanol–water partition coefficient (Wildman–Crippen LogP) is 1.82. The van der Waals surface area contributed by atoms with Crippen LogP contribution in [0, 0.1) is 5.92 Å². The molecule has 0 bridgehead atoms. The highest BCUT2D eigenvalue weighted by Gasteiger charge is 2.16. The van der Waals surface area contributed by atoms with E-state index in [0.29, 0.717) is 6.42 Å². The first-order chi connectivity index (χ1) is 6.61. The summed E-state index contributed by atoms with van der Waals surface area (Å²) < 4.78 is 0. The van der Waals surface area contributed by atoms with Crippen LogP contribution in [0.1, 0.15) is 20.3 Å². The average molecular weight is 197 g/mol. The predicted molar refractivity (Wildman–Crippen MR) is 58.2 cm³/mol. The summed E-state index contributed by atoms with van der Waals surface area (Å²) >= 11 is 0. The number of allylic oxidation sites excluding steroid dienone is 4. The lowest BCUT2D eigenvalue weighted by atomic mass is 10.0. The molecule has 3 nitrogen and oxygen atoms in total. The zero-order valence-corrected chi connectivity index (χ0v) is 9.03. The second-order valence-electron chi connectivity index (χ2n) is 3.30. The largest absolute Gasteiger partial charge is 0.480 e. The minimum Gasteiger partial charge on any atom is -0.480 e. The van der Waals surface area contributed by atoms with Gasteiger partial charge in [-0.15, -0.1) is 0 Å². The number of carboxylic acids is 1. The number of rotatable bonds is 6. The lowest BCUT2D eigenvalue weighted by molar-refractivity contribution is -0.139. The molecule has 0 aliphatic carbocycles. The van der Waals surface area contributed by atoms with Crippen LogP contribution in [-0.2, 0) is 4.79 Å². The molecule has 2 N–H and O–H groups in total. The Morgan fingerprint density at radius 1 is 1.50 bits per heavy atom. The number of carbonyl (C=O) groups is 1. The van der Waals surface area contributed by atoms with Gasteiger partial charge in [-0.05, 0) is 26.3 Å². The number of nitrogens with one attached hydrogen (secondary N) is 1. The molecule has 0 aromatic rings. The van der Waals surface area contributed by atoms with Gasteiger partial charge in [0.25, 0.3) is 0 Å². The van der Waals surface area contributed by atoms with Crippen molar-refractivity contribution in [3.63, 3.8) is 0 Å². The van der Waals surface area contributed by atoms with Crippen LogP contribution in [0.5, 0.6) is 0 Å². The molecule has 14 heavy (non-hydrogen) atoms. The second-order valence-corrected chi connectivity index (χ2v) is 3.30. The molecule has 0 saturated heterocycles. The third kappa shape index (κ3) is 5.54. The molecular formula is C11H19NO2. The van der Waals surface area contributed by atoms with Gasteiger partial charge in [-0.25, -0.2) is 0 Å². The zero-order valence-electron chi connectivity index (χ0n) is 9.03. The van der Waals surface area contributed by atoms with Gasteiger partial charge < -0.3 is 10.4 Å². The van der Waals surface area contributed by atoms with Gasteiger partial charge in [0.05, 0.1) is 0 Å². The smallest absolute Gasteiger partial charge is 0.320 e. The summed E-state index contributed by atoms with van der Waals surface area (Å²) in [5.41, 5.74) is 0. The van der Waals surface area contributed by atoms with E-state index in [-0.39, 0.29) is 5.92 Å². The Hall–Kier alpha value is -1.09. The van der Waals surface area contributed by atoms with E-state index in [4.69, 9.17) is 5.11 Å². The highest BCUT2D eigenvalue weighted by molar-refractivity contribution is 5.73. The highest BCUT2D eigenvalue weighted by Crippen LogP contribution is 2.07. The fraction of sp³-hybridized carbons (Fsp3) is 0.545. The van der Waals surface area contributed by atoms with E-state index in [1.54, 1.807) is 7.05 Å². The van der Waals surface area contributed by atoms with Gasteiger partial charge in [0, 0.05) is 0 Å². The van der Waals surface area contributed by atoms with E-state index in [0.717, 1.165) is 0 Å². The van der Waals surface area contributed by atoms with E-state index in [1.807, 2.05) is 38.2 Å². The molecule has 0 spiro atoms. The van der Waals surface area contributed by atoms with Crippen LogP contribution in [0.15, 0.2) is 24.3 Å². The van der Waals surface area contributed by atoms with Crippen molar-refractivity contribution >= 4 is 5.97 Å². The molecule has 0 saturated carbocycles. The van der Waals surface area contributed by atoms with E-state index >= 15 is 0 Å². The molecule has 0 aliphatic heterocycles. The normalized spacial score (nSPS) is 16.2. The maximum Gasteiger partial charge on any atom is 0.320 e. The van der Waals surface area contributed by atoms with Crippen LogP contribution < -0.4 is 5.32 Å². The Morgan fingerprint density at radius 2 is 2.14 bits per heavy atom. The van der Waals surface area contributed by atoms with Gasteiger partial charge in [-0.3, -0.25) is 4.79 Å². The van der Waals surface area contributed by atoms with E-state index in [9.17, 15) is 4.79 Å². The van der Waals surface area contributed by atoms with Crippen LogP contribution in [-0.4, -0.2) is 24.2 Å². The quantitative estimate of drug-likeness (QED) is 0.638. The van der Waals surface area contributed by atoms with Crippen molar-refractivity contribution in [2.24, 2.45) is 5.92 Å². The van der Waals surface area contributed by atoms with Gasteiger partial charge in [-0.2, -0.15) is 0 Å². The van der Waals surface area contributed by atoms with Gasteiger partial charge >= 0.3 is 5.97 Å². The standard InChI is InChI=1S/C11H19NO2/c1-4-5-6-7-9(2)8-10(12-3)11(13)14/h4-7,9-10,12H,8H2,1-3H3,(H,13,14)/b5-4-,7-6-. The van der Waals surface area contributed by atoms with Crippen LogP contribution in [0.4, 0.5) is 0 Å². The number of hydrogen-bond acceptors (Lipinski definition) is 2. The maximum absolute atomic E-state index is 10.7. The molecule has 2 unspecified atom stereocenters. The van der Waals surface area contributed by atoms with Crippen LogP contribution in [0.25, 0.3) is 0 Å². The number of aliphatic carboxylic acids is 1. The third-order valence-electron chi connectivity index (χ3n) is 2.00. The topological polar surface area (TPSA) is 49.3 Å². The average Bonchev–Trinajstić information content (AvgIpc) is 2.14. The first-order valence-electron chi connectivity index (χ1n) is 4.81. The molecule has 0 amide bonds. The summed E-state index contributed by atoms with van der Waals surface area (Å²) in [6.07, 6.45) is 8.44. The summed E-state index contributed by atoms with van der Waals surface area (Å²) in [5, 5.41) is 11.6. The van der Waals surface area contributed by atoms with E-state index < -0.39 is 12.0 Å². The molecular weight excluding hydrogens is 178 g/mol. The second kappa shape index (κ2) is 7.33. The minimum atomic E-state index is -0.793. The van der Waals surface area contributed by atoms with Gasteiger partial charge in [0.2, 0.25) is 0 Å². The Kier molecular flexibility index (Phi) is 6.76. The van der Waals surface area contributed by atoms with Gasteiger partial charge in [0.1, 0.15) is 6.04 Å². The van der Waals surface area contributed by atoms with Crippen LogP contribution in [0.2, 0.25) is 0 Å². The Morgan fingerprint density at radius 3 is 2.57 bits per heavy atom. The minimum absolute atomic E-state index is 0.264. The van der Waals surface area contributed by atoms with Crippen molar-refractivity contribution < 1.29 is 9.90 Å². The molecule has 0 rings (SSSR count). The van der Waals surface area contributed by atoms with Gasteiger partial charge in [0.15, 0.2) is 0 Å². The van der Waals surface area contributed by atoms with Gasteiger partial charge in [-0.1, -0.05) is 31.2 Å². The monoisotopic (exact) mass is 197 g/mol. The zero-order chi connectivity index (χ0) is 11.0. The summed E-state index contributed by atoms with van der Waals surface area (Å²) in [7, 11) is 1.67. The van der Waals surface area contributed by atoms with Crippen LogP contribution in [0.3, 0.4) is 0 Å². The van der Waals surface area contributed by atoms with Crippen molar-refractivity contribution in [3.8, 4) is 0 Å². The third-order valence-corrected chi connectivity index (χ3v) is 2.00. The first-order valence-corrected chi connectivity index (χ1v) is 4.81. The maximum atomic E-state index is 10.7. The fourth-order valence-electron chi connectivity index (χ4n) is 1.16. The molecule has 0 aromatic heterocycles. The Balaban J connectivity index is 4.02. The number of carboxylic acid groups (broad SMARTS) is 1. The summed E-state index contributed by atoms with van der Waals surface area (Å²) in [6.45, 7) is 3.95. The summed E-state index contributed by atoms with van der Waals surface area (Å²) in [5.74, 6) is -0.529. The molecule has 2 atom stereocenters. The molecule has 3 heteroatoms. The Bertz CT molecular complexity index is 221. The lowest BCUT2D eigenvalue weighted by Crippen LogP contribution is -2.35. The van der Waals surface area contributed by atoms with Crippen molar-refractivity contribution in [1.82, 2.24) is 5.32 Å².